The number of nitrogens with zero attached hydrogens (tertiary/aromatic N) is 1. The average molecular weight is 326 g/mol. The summed E-state index contributed by atoms with van der Waals surface area (Å²) in [6.45, 7) is 4.96. The maximum atomic E-state index is 11.8. The normalized spacial score (nSPS) is 10.6. The van der Waals surface area contributed by atoms with E-state index >= 15 is 0 Å². The first-order valence-electron chi connectivity index (χ1n) is 7.98. The number of carbonyl (C=O) groups is 1. The van der Waals surface area contributed by atoms with E-state index in [0.717, 1.165) is 11.1 Å². The molecule has 5 nitrogen and oxygen atoms in total. The number of rotatable bonds is 8. The Kier molecular flexibility index (Phi) is 6.83. The summed E-state index contributed by atoms with van der Waals surface area (Å²) in [4.78, 5) is 11.8. The molecule has 126 valence electrons. The van der Waals surface area contributed by atoms with Crippen molar-refractivity contribution >= 4 is 12.1 Å². The molecule has 0 aliphatic carbocycles. The van der Waals surface area contributed by atoms with Gasteiger partial charge in [-0.15, -0.1) is 0 Å². The zero-order valence-corrected chi connectivity index (χ0v) is 14.0. The molecule has 5 heteroatoms. The van der Waals surface area contributed by atoms with Gasteiger partial charge in [0, 0.05) is 0 Å². The van der Waals surface area contributed by atoms with Crippen molar-refractivity contribution < 1.29 is 14.3 Å². The highest BCUT2D eigenvalue weighted by molar-refractivity contribution is 5.84. The maximum Gasteiger partial charge on any atom is 0.244 e. The van der Waals surface area contributed by atoms with Gasteiger partial charge in [0.2, 0.25) is 5.91 Å². The first kappa shape index (κ1) is 17.5. The van der Waals surface area contributed by atoms with Crippen LogP contribution in [0.1, 0.15) is 25.0 Å². The Hall–Kier alpha value is -2.82. The van der Waals surface area contributed by atoms with E-state index in [2.05, 4.69) is 10.5 Å². The number of nitrogens with one attached hydrogen (secondary N) is 1. The summed E-state index contributed by atoms with van der Waals surface area (Å²) in [7, 11) is 0. The van der Waals surface area contributed by atoms with E-state index in [1.807, 2.05) is 62.4 Å². The Morgan fingerprint density at radius 3 is 2.46 bits per heavy atom. The number of amides is 1. The molecule has 0 saturated carbocycles. The van der Waals surface area contributed by atoms with Crippen molar-refractivity contribution in [2.24, 2.45) is 5.10 Å². The van der Waals surface area contributed by atoms with E-state index in [1.54, 1.807) is 6.21 Å². The molecule has 2 rings (SSSR count). The van der Waals surface area contributed by atoms with Gasteiger partial charge < -0.3 is 9.47 Å². The maximum absolute atomic E-state index is 11.8. The lowest BCUT2D eigenvalue weighted by Gasteiger charge is -2.11. The number of ether oxygens (including phenoxy) is 2. The second-order valence-corrected chi connectivity index (χ2v) is 5.03. The summed E-state index contributed by atoms with van der Waals surface area (Å²) < 4.78 is 11.1. The van der Waals surface area contributed by atoms with Crippen LogP contribution in [-0.2, 0) is 11.2 Å². The van der Waals surface area contributed by atoms with Crippen LogP contribution in [0.4, 0.5) is 0 Å². The fourth-order valence-corrected chi connectivity index (χ4v) is 2.15. The Labute approximate surface area is 142 Å². The Morgan fingerprint density at radius 1 is 1.04 bits per heavy atom. The highest BCUT2D eigenvalue weighted by Gasteiger charge is 2.05. The standard InChI is InChI=1S/C19H22N2O3/c1-3-23-17-11-10-16(12-18(17)24-4-2)14-20-21-19(22)13-15-8-6-5-7-9-15/h5-12,14H,3-4,13H2,1-2H3,(H,21,22)/b20-14-. The molecule has 2 aromatic rings. The van der Waals surface area contributed by atoms with E-state index in [4.69, 9.17) is 9.47 Å². The van der Waals surface area contributed by atoms with Gasteiger partial charge >= 0.3 is 0 Å². The molecule has 2 aromatic carbocycles. The minimum atomic E-state index is -0.159. The van der Waals surface area contributed by atoms with Gasteiger partial charge in [-0.25, -0.2) is 5.43 Å². The van der Waals surface area contributed by atoms with Crippen molar-refractivity contribution in [3.63, 3.8) is 0 Å². The Balaban J connectivity index is 1.95. The number of benzene rings is 2. The van der Waals surface area contributed by atoms with Crippen molar-refractivity contribution in [1.82, 2.24) is 5.43 Å². The van der Waals surface area contributed by atoms with Crippen LogP contribution in [0.25, 0.3) is 0 Å². The molecule has 1 amide bonds. The predicted molar refractivity (Wildman–Crippen MR) is 94.7 cm³/mol. The minimum absolute atomic E-state index is 0.159. The zero-order chi connectivity index (χ0) is 17.2. The Morgan fingerprint density at radius 2 is 1.75 bits per heavy atom. The van der Waals surface area contributed by atoms with Crippen molar-refractivity contribution in [3.8, 4) is 11.5 Å². The molecule has 0 aliphatic rings. The third-order valence-electron chi connectivity index (χ3n) is 3.18. The molecular formula is C19H22N2O3. The van der Waals surface area contributed by atoms with Gasteiger partial charge in [-0.05, 0) is 43.2 Å². The second-order valence-electron chi connectivity index (χ2n) is 5.03. The van der Waals surface area contributed by atoms with Gasteiger partial charge in [-0.2, -0.15) is 5.10 Å². The lowest BCUT2D eigenvalue weighted by Crippen LogP contribution is -2.19. The highest BCUT2D eigenvalue weighted by atomic mass is 16.5. The van der Waals surface area contributed by atoms with Crippen molar-refractivity contribution in [2.75, 3.05) is 13.2 Å². The van der Waals surface area contributed by atoms with Crippen molar-refractivity contribution in [3.05, 3.63) is 59.7 Å². The fraction of sp³-hybridized carbons (Fsp3) is 0.263. The second kappa shape index (κ2) is 9.35. The smallest absolute Gasteiger partial charge is 0.244 e. The van der Waals surface area contributed by atoms with Crippen LogP contribution in [0.3, 0.4) is 0 Å². The summed E-state index contributed by atoms with van der Waals surface area (Å²) in [6.07, 6.45) is 1.88. The first-order valence-corrected chi connectivity index (χ1v) is 7.98. The van der Waals surface area contributed by atoms with Crippen molar-refractivity contribution in [2.45, 2.75) is 20.3 Å². The summed E-state index contributed by atoms with van der Waals surface area (Å²) in [5.41, 5.74) is 4.30. The van der Waals surface area contributed by atoms with Crippen LogP contribution in [0.5, 0.6) is 11.5 Å². The quantitative estimate of drug-likeness (QED) is 0.599. The van der Waals surface area contributed by atoms with Crippen molar-refractivity contribution in [1.29, 1.82) is 0 Å². The van der Waals surface area contributed by atoms with Crippen LogP contribution >= 0.6 is 0 Å². The van der Waals surface area contributed by atoms with E-state index < -0.39 is 0 Å². The fourth-order valence-electron chi connectivity index (χ4n) is 2.15. The third-order valence-corrected chi connectivity index (χ3v) is 3.18. The summed E-state index contributed by atoms with van der Waals surface area (Å²) in [6, 6.07) is 15.1. The minimum Gasteiger partial charge on any atom is -0.490 e. The summed E-state index contributed by atoms with van der Waals surface area (Å²) in [5, 5.41) is 3.99. The van der Waals surface area contributed by atoms with Crippen LogP contribution in [0, 0.1) is 0 Å². The van der Waals surface area contributed by atoms with E-state index in [1.165, 1.54) is 0 Å². The molecule has 0 spiro atoms. The molecule has 1 N–H and O–H groups in total. The molecule has 0 saturated heterocycles. The van der Waals surface area contributed by atoms with Gasteiger partial charge in [0.15, 0.2) is 11.5 Å². The molecule has 0 fully saturated rings. The number of carbonyl (C=O) groups excluding carboxylic acids is 1. The lowest BCUT2D eigenvalue weighted by molar-refractivity contribution is -0.120. The van der Waals surface area contributed by atoms with Crippen LogP contribution < -0.4 is 14.9 Å². The summed E-state index contributed by atoms with van der Waals surface area (Å²) >= 11 is 0. The molecule has 0 aliphatic heterocycles. The largest absolute Gasteiger partial charge is 0.490 e. The monoisotopic (exact) mass is 326 g/mol. The van der Waals surface area contributed by atoms with E-state index in [9.17, 15) is 4.79 Å². The van der Waals surface area contributed by atoms with Crippen LogP contribution in [0.15, 0.2) is 53.6 Å². The molecule has 0 heterocycles. The third kappa shape index (κ3) is 5.43. The number of hydrazone groups is 1. The average Bonchev–Trinajstić information content (AvgIpc) is 2.58. The first-order chi connectivity index (χ1) is 11.7. The van der Waals surface area contributed by atoms with Gasteiger partial charge in [0.1, 0.15) is 0 Å². The zero-order valence-electron chi connectivity index (χ0n) is 14.0. The molecule has 24 heavy (non-hydrogen) atoms. The van der Waals surface area contributed by atoms with Crippen LogP contribution in [-0.4, -0.2) is 25.3 Å². The van der Waals surface area contributed by atoms with Gasteiger partial charge in [-0.1, -0.05) is 30.3 Å². The summed E-state index contributed by atoms with van der Waals surface area (Å²) in [5.74, 6) is 1.21. The SMILES string of the molecule is CCOc1ccc(/C=N\NC(=O)Cc2ccccc2)cc1OCC. The molecule has 0 bridgehead atoms. The number of hydrogen-bond donors (Lipinski definition) is 1. The molecular weight excluding hydrogens is 304 g/mol. The van der Waals surface area contributed by atoms with Gasteiger partial charge in [0.25, 0.3) is 0 Å². The lowest BCUT2D eigenvalue weighted by atomic mass is 10.1. The molecule has 0 radical (unpaired) electrons. The van der Waals surface area contributed by atoms with E-state index in [0.29, 0.717) is 31.1 Å². The number of hydrogen-bond acceptors (Lipinski definition) is 4. The van der Waals surface area contributed by atoms with E-state index in [-0.39, 0.29) is 5.91 Å². The molecule has 0 unspecified atom stereocenters. The topological polar surface area (TPSA) is 59.9 Å². The predicted octanol–water partition coefficient (Wildman–Crippen LogP) is 3.18. The van der Waals surface area contributed by atoms with Gasteiger partial charge in [0.05, 0.1) is 25.8 Å². The van der Waals surface area contributed by atoms with Gasteiger partial charge in [-0.3, -0.25) is 4.79 Å². The Bertz CT molecular complexity index is 684. The van der Waals surface area contributed by atoms with Crippen LogP contribution in [0.2, 0.25) is 0 Å². The highest BCUT2D eigenvalue weighted by Crippen LogP contribution is 2.27. The molecule has 0 aromatic heterocycles. The molecule has 0 atom stereocenters.